The molecule has 21 heavy (non-hydrogen) atoms. The number of hydrogen-bond donors (Lipinski definition) is 1. The number of nitrogens with zero attached hydrogens (tertiary/aromatic N) is 2. The first kappa shape index (κ1) is 15.8. The van der Waals surface area contributed by atoms with E-state index < -0.39 is 6.10 Å². The fraction of sp³-hybridized carbons (Fsp3) is 0.357. The van der Waals surface area contributed by atoms with Gasteiger partial charge in [0.15, 0.2) is 10.4 Å². The molecule has 2 rings (SSSR count). The van der Waals surface area contributed by atoms with Crippen molar-refractivity contribution >= 4 is 34.1 Å². The second kappa shape index (κ2) is 6.91. The number of nitrogens with one attached hydrogen (secondary N) is 1. The lowest BCUT2D eigenvalue weighted by Gasteiger charge is -2.14. The Balaban J connectivity index is 1.98. The van der Waals surface area contributed by atoms with Crippen LogP contribution in [0.15, 0.2) is 22.5 Å². The number of ether oxygens (including phenoxy) is 1. The Morgan fingerprint density at radius 3 is 2.52 bits per heavy atom. The molecule has 2 aromatic rings. The normalized spacial score (nSPS) is 12.0. The number of aromatic nitrogens is 2. The summed E-state index contributed by atoms with van der Waals surface area (Å²) in [5, 5.41) is 11.0. The fourth-order valence-electron chi connectivity index (χ4n) is 1.81. The van der Waals surface area contributed by atoms with Gasteiger partial charge < -0.3 is 4.74 Å². The first-order valence-electron chi connectivity index (χ1n) is 6.41. The molecule has 0 fully saturated rings. The van der Waals surface area contributed by atoms with Crippen molar-refractivity contribution in [2.75, 3.05) is 11.6 Å². The maximum Gasteiger partial charge on any atom is 0.266 e. The molecule has 1 aromatic heterocycles. The minimum Gasteiger partial charge on any atom is -0.481 e. The summed E-state index contributed by atoms with van der Waals surface area (Å²) in [6.07, 6.45) is 1.31. The molecule has 5 nitrogen and oxygen atoms in total. The van der Waals surface area contributed by atoms with Crippen molar-refractivity contribution in [1.29, 1.82) is 0 Å². The third-order valence-corrected chi connectivity index (χ3v) is 4.50. The van der Waals surface area contributed by atoms with E-state index in [2.05, 4.69) is 21.6 Å². The predicted octanol–water partition coefficient (Wildman–Crippen LogP) is 3.28. The van der Waals surface area contributed by atoms with Crippen LogP contribution in [0.25, 0.3) is 0 Å². The predicted molar refractivity (Wildman–Crippen MR) is 86.3 cm³/mol. The SMILES string of the molecule is CSc1nnc(NC(=O)[C@H](C)Oc2cc(C)cc(C)c2)s1. The molecule has 0 aliphatic rings. The van der Waals surface area contributed by atoms with Gasteiger partial charge >= 0.3 is 0 Å². The minimum absolute atomic E-state index is 0.238. The summed E-state index contributed by atoms with van der Waals surface area (Å²) in [5.41, 5.74) is 2.21. The molecule has 1 aromatic carbocycles. The number of hydrogen-bond acceptors (Lipinski definition) is 6. The highest BCUT2D eigenvalue weighted by Gasteiger charge is 2.17. The Morgan fingerprint density at radius 1 is 1.29 bits per heavy atom. The van der Waals surface area contributed by atoms with Crippen molar-refractivity contribution in [1.82, 2.24) is 10.2 Å². The summed E-state index contributed by atoms with van der Waals surface area (Å²) in [6.45, 7) is 5.70. The monoisotopic (exact) mass is 323 g/mol. The number of carbonyl (C=O) groups excluding carboxylic acids is 1. The standard InChI is InChI=1S/C14H17N3O2S2/c1-8-5-9(2)7-11(6-8)19-10(3)12(18)15-13-16-17-14(20-4)21-13/h5-7,10H,1-4H3,(H,15,16,18)/t10-/m0/s1. The van der Waals surface area contributed by atoms with Crippen LogP contribution in [0.4, 0.5) is 5.13 Å². The summed E-state index contributed by atoms with van der Waals surface area (Å²) in [6, 6.07) is 5.88. The van der Waals surface area contributed by atoms with Crippen molar-refractivity contribution < 1.29 is 9.53 Å². The zero-order valence-corrected chi connectivity index (χ0v) is 14.0. The molecule has 0 radical (unpaired) electrons. The molecular formula is C14H17N3O2S2. The van der Waals surface area contributed by atoms with Gasteiger partial charge in [0.1, 0.15) is 5.75 Å². The minimum atomic E-state index is -0.604. The molecule has 1 amide bonds. The van der Waals surface area contributed by atoms with Crippen molar-refractivity contribution in [2.45, 2.75) is 31.2 Å². The van der Waals surface area contributed by atoms with Crippen LogP contribution < -0.4 is 10.1 Å². The molecule has 0 aliphatic heterocycles. The van der Waals surface area contributed by atoms with Gasteiger partial charge in [0.25, 0.3) is 5.91 Å². The molecule has 0 aliphatic carbocycles. The van der Waals surface area contributed by atoms with E-state index in [1.54, 1.807) is 6.92 Å². The Morgan fingerprint density at radius 2 is 1.95 bits per heavy atom. The number of aryl methyl sites for hydroxylation is 2. The van der Waals surface area contributed by atoms with Crippen LogP contribution in [-0.2, 0) is 4.79 Å². The molecule has 0 spiro atoms. The number of amides is 1. The van der Waals surface area contributed by atoms with Gasteiger partial charge in [-0.1, -0.05) is 29.2 Å². The van der Waals surface area contributed by atoms with E-state index in [4.69, 9.17) is 4.74 Å². The maximum atomic E-state index is 12.1. The Kier molecular flexibility index (Phi) is 5.19. The van der Waals surface area contributed by atoms with Crippen LogP contribution >= 0.6 is 23.1 Å². The Labute approximate surface area is 132 Å². The maximum absolute atomic E-state index is 12.1. The van der Waals surface area contributed by atoms with Gasteiger partial charge in [-0.25, -0.2) is 0 Å². The average molecular weight is 323 g/mol. The van der Waals surface area contributed by atoms with Crippen molar-refractivity contribution in [3.8, 4) is 5.75 Å². The molecular weight excluding hydrogens is 306 g/mol. The van der Waals surface area contributed by atoms with Crippen molar-refractivity contribution in [2.24, 2.45) is 0 Å². The average Bonchev–Trinajstić information content (AvgIpc) is 2.85. The van der Waals surface area contributed by atoms with Crippen LogP contribution in [0.5, 0.6) is 5.75 Å². The lowest BCUT2D eigenvalue weighted by molar-refractivity contribution is -0.122. The molecule has 0 unspecified atom stereocenters. The van der Waals surface area contributed by atoms with Gasteiger partial charge in [-0.15, -0.1) is 10.2 Å². The van der Waals surface area contributed by atoms with Crippen LogP contribution in [0.1, 0.15) is 18.1 Å². The molecule has 0 saturated heterocycles. The van der Waals surface area contributed by atoms with Gasteiger partial charge in [0.2, 0.25) is 5.13 Å². The molecule has 1 heterocycles. The van der Waals surface area contributed by atoms with Gasteiger partial charge in [-0.05, 0) is 50.3 Å². The first-order valence-corrected chi connectivity index (χ1v) is 8.45. The second-order valence-corrected chi connectivity index (χ2v) is 6.68. The van der Waals surface area contributed by atoms with Crippen LogP contribution in [0.3, 0.4) is 0 Å². The number of thioether (sulfide) groups is 1. The van der Waals surface area contributed by atoms with Crippen LogP contribution in [0.2, 0.25) is 0 Å². The van der Waals surface area contributed by atoms with E-state index in [1.165, 1.54) is 23.1 Å². The summed E-state index contributed by atoms with van der Waals surface area (Å²) in [7, 11) is 0. The summed E-state index contributed by atoms with van der Waals surface area (Å²) in [5.74, 6) is 0.454. The summed E-state index contributed by atoms with van der Waals surface area (Å²) >= 11 is 2.84. The smallest absolute Gasteiger partial charge is 0.266 e. The Hall–Kier alpha value is -1.60. The molecule has 7 heteroatoms. The number of rotatable bonds is 5. The highest BCUT2D eigenvalue weighted by atomic mass is 32.2. The summed E-state index contributed by atoms with van der Waals surface area (Å²) < 4.78 is 6.50. The third kappa shape index (κ3) is 4.44. The third-order valence-electron chi connectivity index (χ3n) is 2.69. The van der Waals surface area contributed by atoms with Gasteiger partial charge in [-0.3, -0.25) is 10.1 Å². The lowest BCUT2D eigenvalue weighted by atomic mass is 10.1. The van der Waals surface area contributed by atoms with E-state index in [0.29, 0.717) is 10.9 Å². The highest BCUT2D eigenvalue weighted by molar-refractivity contribution is 8.00. The quantitative estimate of drug-likeness (QED) is 0.676. The topological polar surface area (TPSA) is 64.1 Å². The zero-order valence-electron chi connectivity index (χ0n) is 12.3. The second-order valence-electron chi connectivity index (χ2n) is 4.65. The number of benzene rings is 1. The lowest BCUT2D eigenvalue weighted by Crippen LogP contribution is -2.30. The van der Waals surface area contributed by atoms with E-state index in [-0.39, 0.29) is 5.91 Å². The van der Waals surface area contributed by atoms with Crippen molar-refractivity contribution in [3.05, 3.63) is 29.3 Å². The fourth-order valence-corrected chi connectivity index (χ4v) is 2.98. The van der Waals surface area contributed by atoms with E-state index in [1.807, 2.05) is 32.2 Å². The van der Waals surface area contributed by atoms with Gasteiger partial charge in [0, 0.05) is 0 Å². The van der Waals surface area contributed by atoms with Gasteiger partial charge in [-0.2, -0.15) is 0 Å². The highest BCUT2D eigenvalue weighted by Crippen LogP contribution is 2.23. The zero-order chi connectivity index (χ0) is 15.4. The van der Waals surface area contributed by atoms with Crippen LogP contribution in [-0.4, -0.2) is 28.5 Å². The Bertz CT molecular complexity index is 623. The molecule has 1 atom stereocenters. The molecule has 0 bridgehead atoms. The van der Waals surface area contributed by atoms with E-state index in [0.717, 1.165) is 15.5 Å². The van der Waals surface area contributed by atoms with Crippen LogP contribution in [0, 0.1) is 13.8 Å². The largest absolute Gasteiger partial charge is 0.481 e. The first-order chi connectivity index (χ1) is 9.97. The van der Waals surface area contributed by atoms with E-state index in [9.17, 15) is 4.79 Å². The molecule has 0 saturated carbocycles. The number of carbonyl (C=O) groups is 1. The van der Waals surface area contributed by atoms with E-state index >= 15 is 0 Å². The molecule has 112 valence electrons. The number of anilines is 1. The molecule has 1 N–H and O–H groups in total. The van der Waals surface area contributed by atoms with Gasteiger partial charge in [0.05, 0.1) is 0 Å². The summed E-state index contributed by atoms with van der Waals surface area (Å²) in [4.78, 5) is 12.1. The van der Waals surface area contributed by atoms with Crippen molar-refractivity contribution in [3.63, 3.8) is 0 Å².